The number of amides is 1. The molecule has 0 spiro atoms. The quantitative estimate of drug-likeness (QED) is 0.386. The first-order valence-corrected chi connectivity index (χ1v) is 3.79. The Bertz CT molecular complexity index is 227. The van der Waals surface area contributed by atoms with E-state index in [-0.39, 0.29) is 5.91 Å². The molecule has 0 heterocycles. The number of hydrogen-bond donors (Lipinski definition) is 1. The summed E-state index contributed by atoms with van der Waals surface area (Å²) in [6.07, 6.45) is 6.59. The van der Waals surface area contributed by atoms with Crippen LogP contribution in [0, 0.1) is 0 Å². The Morgan fingerprint density at radius 1 is 1.42 bits per heavy atom. The largest absolute Gasteiger partial charge is 0.268 e. The molecule has 0 aliphatic heterocycles. The molecule has 0 radical (unpaired) electrons. The molecule has 0 aromatic carbocycles. The van der Waals surface area contributed by atoms with E-state index in [0.29, 0.717) is 0 Å². The first-order chi connectivity index (χ1) is 5.70. The van der Waals surface area contributed by atoms with E-state index in [2.05, 4.69) is 10.5 Å². The SMILES string of the molecule is C/C=C/C(=O)N/N=C\C(C)=C\C. The molecule has 0 saturated carbocycles. The first-order valence-electron chi connectivity index (χ1n) is 3.79. The number of nitrogens with zero attached hydrogens (tertiary/aromatic N) is 1. The maximum absolute atomic E-state index is 10.8. The van der Waals surface area contributed by atoms with Crippen LogP contribution in [0.4, 0.5) is 0 Å². The molecular weight excluding hydrogens is 152 g/mol. The van der Waals surface area contributed by atoms with Gasteiger partial charge in [-0.25, -0.2) is 5.43 Å². The van der Waals surface area contributed by atoms with Crippen LogP contribution in [-0.4, -0.2) is 12.1 Å². The van der Waals surface area contributed by atoms with Crippen molar-refractivity contribution in [2.45, 2.75) is 20.8 Å². The van der Waals surface area contributed by atoms with Crippen LogP contribution in [0.15, 0.2) is 28.9 Å². The molecule has 66 valence electrons. The van der Waals surface area contributed by atoms with Crippen LogP contribution in [0.1, 0.15) is 20.8 Å². The number of rotatable bonds is 3. The highest BCUT2D eigenvalue weighted by atomic mass is 16.2. The minimum atomic E-state index is -0.211. The number of carbonyl (C=O) groups is 1. The number of allylic oxidation sites excluding steroid dienone is 3. The van der Waals surface area contributed by atoms with Crippen molar-refractivity contribution in [1.82, 2.24) is 5.43 Å². The van der Waals surface area contributed by atoms with Gasteiger partial charge in [0.1, 0.15) is 0 Å². The van der Waals surface area contributed by atoms with E-state index in [1.54, 1.807) is 19.2 Å². The average Bonchev–Trinajstić information content (AvgIpc) is 2.04. The van der Waals surface area contributed by atoms with Crippen molar-refractivity contribution in [3.63, 3.8) is 0 Å². The zero-order valence-corrected chi connectivity index (χ0v) is 7.66. The number of nitrogens with one attached hydrogen (secondary N) is 1. The van der Waals surface area contributed by atoms with E-state index < -0.39 is 0 Å². The molecule has 3 heteroatoms. The van der Waals surface area contributed by atoms with E-state index in [4.69, 9.17) is 0 Å². The lowest BCUT2D eigenvalue weighted by Crippen LogP contribution is -2.13. The summed E-state index contributed by atoms with van der Waals surface area (Å²) in [4.78, 5) is 10.8. The predicted octanol–water partition coefficient (Wildman–Crippen LogP) is 1.63. The predicted molar refractivity (Wildman–Crippen MR) is 50.9 cm³/mol. The van der Waals surface area contributed by atoms with Crippen LogP contribution in [0.25, 0.3) is 0 Å². The van der Waals surface area contributed by atoms with Gasteiger partial charge in [-0.3, -0.25) is 4.79 Å². The second-order valence-electron chi connectivity index (χ2n) is 2.27. The van der Waals surface area contributed by atoms with E-state index in [1.165, 1.54) is 6.08 Å². The van der Waals surface area contributed by atoms with Gasteiger partial charge in [-0.05, 0) is 26.3 Å². The summed E-state index contributed by atoms with van der Waals surface area (Å²) in [7, 11) is 0. The fourth-order valence-electron chi connectivity index (χ4n) is 0.461. The maximum Gasteiger partial charge on any atom is 0.263 e. The molecule has 0 aromatic heterocycles. The standard InChI is InChI=1S/C9H14N2O/c1-4-6-9(12)11-10-7-8(3)5-2/h4-7H,1-3H3,(H,11,12)/b6-4+,8-5+,10-7-. The number of hydrogen-bond acceptors (Lipinski definition) is 2. The van der Waals surface area contributed by atoms with Gasteiger partial charge in [0.25, 0.3) is 5.91 Å². The zero-order valence-electron chi connectivity index (χ0n) is 7.66. The average molecular weight is 166 g/mol. The fourth-order valence-corrected chi connectivity index (χ4v) is 0.461. The minimum absolute atomic E-state index is 0.211. The van der Waals surface area contributed by atoms with Crippen LogP contribution in [-0.2, 0) is 4.79 Å². The Labute approximate surface area is 72.9 Å². The Morgan fingerprint density at radius 2 is 2.08 bits per heavy atom. The molecule has 0 unspecified atom stereocenters. The molecular formula is C9H14N2O. The third-order valence-electron chi connectivity index (χ3n) is 1.22. The van der Waals surface area contributed by atoms with Gasteiger partial charge in [0.2, 0.25) is 0 Å². The molecule has 0 aliphatic rings. The highest BCUT2D eigenvalue weighted by Gasteiger charge is 1.87. The molecule has 0 rings (SSSR count). The van der Waals surface area contributed by atoms with Gasteiger partial charge in [-0.15, -0.1) is 0 Å². The van der Waals surface area contributed by atoms with Crippen molar-refractivity contribution >= 4 is 12.1 Å². The normalized spacial score (nSPS) is 12.8. The van der Waals surface area contributed by atoms with Crippen LogP contribution in [0.2, 0.25) is 0 Å². The van der Waals surface area contributed by atoms with Gasteiger partial charge in [0, 0.05) is 12.3 Å². The Balaban J connectivity index is 3.83. The van der Waals surface area contributed by atoms with Crippen molar-refractivity contribution in [3.05, 3.63) is 23.8 Å². The lowest BCUT2D eigenvalue weighted by atomic mass is 10.3. The van der Waals surface area contributed by atoms with Crippen LogP contribution < -0.4 is 5.43 Å². The molecule has 0 bridgehead atoms. The van der Waals surface area contributed by atoms with Gasteiger partial charge in [0.05, 0.1) is 0 Å². The summed E-state index contributed by atoms with van der Waals surface area (Å²) in [5.74, 6) is -0.211. The van der Waals surface area contributed by atoms with E-state index in [0.717, 1.165) is 5.57 Å². The molecule has 0 aromatic rings. The van der Waals surface area contributed by atoms with Crippen LogP contribution >= 0.6 is 0 Å². The third kappa shape index (κ3) is 5.41. The Kier molecular flexibility index (Phi) is 5.61. The lowest BCUT2D eigenvalue weighted by molar-refractivity contribution is -0.116. The second-order valence-corrected chi connectivity index (χ2v) is 2.27. The molecule has 0 aliphatic carbocycles. The van der Waals surface area contributed by atoms with Gasteiger partial charge in [-0.2, -0.15) is 5.10 Å². The summed E-state index contributed by atoms with van der Waals surface area (Å²) in [5.41, 5.74) is 3.36. The van der Waals surface area contributed by atoms with Crippen molar-refractivity contribution in [3.8, 4) is 0 Å². The third-order valence-corrected chi connectivity index (χ3v) is 1.22. The lowest BCUT2D eigenvalue weighted by Gasteiger charge is -1.91. The van der Waals surface area contributed by atoms with Crippen molar-refractivity contribution in [2.75, 3.05) is 0 Å². The van der Waals surface area contributed by atoms with Gasteiger partial charge < -0.3 is 0 Å². The minimum Gasteiger partial charge on any atom is -0.268 e. The second kappa shape index (κ2) is 6.34. The monoisotopic (exact) mass is 166 g/mol. The number of hydrazone groups is 1. The first kappa shape index (κ1) is 10.6. The molecule has 3 nitrogen and oxygen atoms in total. The fraction of sp³-hybridized carbons (Fsp3) is 0.333. The highest BCUT2D eigenvalue weighted by Crippen LogP contribution is 1.84. The summed E-state index contributed by atoms with van der Waals surface area (Å²) < 4.78 is 0. The number of carbonyl (C=O) groups excluding carboxylic acids is 1. The molecule has 0 fully saturated rings. The van der Waals surface area contributed by atoms with Gasteiger partial charge in [0.15, 0.2) is 0 Å². The molecule has 0 atom stereocenters. The summed E-state index contributed by atoms with van der Waals surface area (Å²) >= 11 is 0. The molecule has 0 saturated heterocycles. The Morgan fingerprint density at radius 3 is 2.58 bits per heavy atom. The van der Waals surface area contributed by atoms with Crippen molar-refractivity contribution < 1.29 is 4.79 Å². The van der Waals surface area contributed by atoms with Gasteiger partial charge in [-0.1, -0.05) is 12.2 Å². The van der Waals surface area contributed by atoms with Gasteiger partial charge >= 0.3 is 0 Å². The van der Waals surface area contributed by atoms with Crippen molar-refractivity contribution in [2.24, 2.45) is 5.10 Å². The molecule has 1 amide bonds. The van der Waals surface area contributed by atoms with Crippen LogP contribution in [0.3, 0.4) is 0 Å². The molecule has 1 N–H and O–H groups in total. The van der Waals surface area contributed by atoms with E-state index in [9.17, 15) is 4.79 Å². The topological polar surface area (TPSA) is 41.5 Å². The summed E-state index contributed by atoms with van der Waals surface area (Å²) in [6.45, 7) is 5.60. The van der Waals surface area contributed by atoms with E-state index >= 15 is 0 Å². The zero-order chi connectivity index (χ0) is 9.40. The smallest absolute Gasteiger partial charge is 0.263 e. The summed E-state index contributed by atoms with van der Waals surface area (Å²) in [5, 5.41) is 3.72. The van der Waals surface area contributed by atoms with Crippen LogP contribution in [0.5, 0.6) is 0 Å². The molecule has 12 heavy (non-hydrogen) atoms. The maximum atomic E-state index is 10.8. The van der Waals surface area contributed by atoms with E-state index in [1.807, 2.05) is 19.9 Å². The highest BCUT2D eigenvalue weighted by molar-refractivity contribution is 5.88. The summed E-state index contributed by atoms with van der Waals surface area (Å²) in [6, 6.07) is 0. The Hall–Kier alpha value is -1.38. The van der Waals surface area contributed by atoms with Crippen molar-refractivity contribution in [1.29, 1.82) is 0 Å².